The predicted molar refractivity (Wildman–Crippen MR) is 67.3 cm³/mol. The average Bonchev–Trinajstić information content (AvgIpc) is 2.33. The number of hydrogen-bond donors (Lipinski definition) is 1. The molecule has 0 aliphatic carbocycles. The number of thioether (sulfide) groups is 1. The highest BCUT2D eigenvalue weighted by Gasteiger charge is 1.97. The van der Waals surface area contributed by atoms with Gasteiger partial charge >= 0.3 is 0 Å². The maximum atomic E-state index is 5.52. The lowest BCUT2D eigenvalue weighted by Crippen LogP contribution is -1.98. The van der Waals surface area contributed by atoms with Crippen LogP contribution < -0.4 is 5.73 Å². The van der Waals surface area contributed by atoms with Crippen LogP contribution in [0.1, 0.15) is 5.82 Å². The first kappa shape index (κ1) is 11.0. The zero-order chi connectivity index (χ0) is 11.2. The Hall–Kier alpha value is -1.55. The second kappa shape index (κ2) is 5.51. The summed E-state index contributed by atoms with van der Waals surface area (Å²) in [6.07, 6.45) is 4.16. The molecule has 16 heavy (non-hydrogen) atoms. The molecule has 0 aliphatic rings. The van der Waals surface area contributed by atoms with Gasteiger partial charge in [-0.3, -0.25) is 0 Å². The molecule has 0 spiro atoms. The lowest BCUT2D eigenvalue weighted by molar-refractivity contribution is 0.949. The third-order valence-corrected chi connectivity index (χ3v) is 3.08. The van der Waals surface area contributed by atoms with Gasteiger partial charge in [0, 0.05) is 17.1 Å². The largest absolute Gasteiger partial charge is 0.396 e. The zero-order valence-electron chi connectivity index (χ0n) is 8.84. The summed E-state index contributed by atoms with van der Waals surface area (Å²) >= 11 is 1.81. The number of aromatic nitrogens is 2. The average molecular weight is 231 g/mol. The fourth-order valence-electron chi connectivity index (χ4n) is 1.27. The number of benzene rings is 1. The fourth-order valence-corrected chi connectivity index (χ4v) is 2.14. The van der Waals surface area contributed by atoms with Gasteiger partial charge in [-0.05, 0) is 12.1 Å². The van der Waals surface area contributed by atoms with Crippen molar-refractivity contribution in [3.63, 3.8) is 0 Å². The molecule has 2 rings (SSSR count). The summed E-state index contributed by atoms with van der Waals surface area (Å²) in [5, 5.41) is 0. The monoisotopic (exact) mass is 231 g/mol. The molecule has 2 aromatic rings. The normalized spacial score (nSPS) is 10.2. The molecular weight excluding hydrogens is 218 g/mol. The molecule has 82 valence electrons. The Morgan fingerprint density at radius 3 is 2.44 bits per heavy atom. The van der Waals surface area contributed by atoms with E-state index in [9.17, 15) is 0 Å². The van der Waals surface area contributed by atoms with E-state index < -0.39 is 0 Å². The van der Waals surface area contributed by atoms with Crippen LogP contribution in [0, 0.1) is 0 Å². The Morgan fingerprint density at radius 1 is 1.06 bits per heavy atom. The Balaban J connectivity index is 1.82. The minimum atomic E-state index is 0.611. The van der Waals surface area contributed by atoms with Crippen molar-refractivity contribution in [1.29, 1.82) is 0 Å². The lowest BCUT2D eigenvalue weighted by atomic mass is 10.4. The molecule has 3 nitrogen and oxygen atoms in total. The molecule has 1 aromatic heterocycles. The second-order valence-corrected chi connectivity index (χ2v) is 4.51. The number of nitrogens with zero attached hydrogens (tertiary/aromatic N) is 2. The van der Waals surface area contributed by atoms with Gasteiger partial charge < -0.3 is 5.73 Å². The van der Waals surface area contributed by atoms with Crippen LogP contribution in [0.2, 0.25) is 0 Å². The van der Waals surface area contributed by atoms with Crippen LogP contribution in [-0.2, 0) is 6.42 Å². The molecular formula is C12H13N3S. The smallest absolute Gasteiger partial charge is 0.129 e. The molecule has 0 saturated heterocycles. The van der Waals surface area contributed by atoms with Crippen LogP contribution in [0.15, 0.2) is 47.6 Å². The molecule has 0 saturated carbocycles. The van der Waals surface area contributed by atoms with Crippen molar-refractivity contribution in [2.24, 2.45) is 0 Å². The van der Waals surface area contributed by atoms with E-state index in [1.807, 2.05) is 30.0 Å². The van der Waals surface area contributed by atoms with Crippen LogP contribution in [0.25, 0.3) is 0 Å². The van der Waals surface area contributed by atoms with Crippen LogP contribution in [0.3, 0.4) is 0 Å². The SMILES string of the molecule is Nc1cnc(CCSc2ccccc2)nc1. The summed E-state index contributed by atoms with van der Waals surface area (Å²) in [4.78, 5) is 9.60. The van der Waals surface area contributed by atoms with Crippen LogP contribution in [0.5, 0.6) is 0 Å². The number of nitrogens with two attached hydrogens (primary N) is 1. The molecule has 1 heterocycles. The van der Waals surface area contributed by atoms with Gasteiger partial charge in [0.2, 0.25) is 0 Å². The molecule has 0 aliphatic heterocycles. The Morgan fingerprint density at radius 2 is 1.75 bits per heavy atom. The van der Waals surface area contributed by atoms with E-state index in [2.05, 4.69) is 22.1 Å². The molecule has 0 atom stereocenters. The van der Waals surface area contributed by atoms with Gasteiger partial charge in [-0.1, -0.05) is 18.2 Å². The van der Waals surface area contributed by atoms with Crippen molar-refractivity contribution in [3.8, 4) is 0 Å². The summed E-state index contributed by atoms with van der Waals surface area (Å²) < 4.78 is 0. The van der Waals surface area contributed by atoms with Crippen LogP contribution >= 0.6 is 11.8 Å². The topological polar surface area (TPSA) is 51.8 Å². The van der Waals surface area contributed by atoms with E-state index in [-0.39, 0.29) is 0 Å². The van der Waals surface area contributed by atoms with E-state index in [4.69, 9.17) is 5.73 Å². The summed E-state index contributed by atoms with van der Waals surface area (Å²) in [6, 6.07) is 10.3. The Labute approximate surface area is 99.1 Å². The summed E-state index contributed by atoms with van der Waals surface area (Å²) in [6.45, 7) is 0. The standard InChI is InChI=1S/C12H13N3S/c13-10-8-14-12(15-9-10)6-7-16-11-4-2-1-3-5-11/h1-5,8-9H,6-7,13H2. The van der Waals surface area contributed by atoms with E-state index in [1.54, 1.807) is 12.4 Å². The number of hydrogen-bond acceptors (Lipinski definition) is 4. The van der Waals surface area contributed by atoms with Gasteiger partial charge in [0.1, 0.15) is 5.82 Å². The van der Waals surface area contributed by atoms with E-state index >= 15 is 0 Å². The van der Waals surface area contributed by atoms with Crippen molar-refractivity contribution in [2.45, 2.75) is 11.3 Å². The van der Waals surface area contributed by atoms with Crippen LogP contribution in [-0.4, -0.2) is 15.7 Å². The molecule has 4 heteroatoms. The van der Waals surface area contributed by atoms with E-state index in [0.29, 0.717) is 5.69 Å². The first-order chi connectivity index (χ1) is 7.84. The lowest BCUT2D eigenvalue weighted by Gasteiger charge is -2.01. The summed E-state index contributed by atoms with van der Waals surface area (Å²) in [5.74, 6) is 1.83. The van der Waals surface area contributed by atoms with E-state index in [1.165, 1.54) is 4.90 Å². The Kier molecular flexibility index (Phi) is 3.77. The minimum Gasteiger partial charge on any atom is -0.396 e. The molecule has 0 amide bonds. The third kappa shape index (κ3) is 3.24. The van der Waals surface area contributed by atoms with Gasteiger partial charge in [0.05, 0.1) is 18.1 Å². The molecule has 2 N–H and O–H groups in total. The van der Waals surface area contributed by atoms with Gasteiger partial charge in [-0.2, -0.15) is 0 Å². The highest BCUT2D eigenvalue weighted by molar-refractivity contribution is 7.99. The highest BCUT2D eigenvalue weighted by Crippen LogP contribution is 2.17. The van der Waals surface area contributed by atoms with Crippen LogP contribution in [0.4, 0.5) is 5.69 Å². The van der Waals surface area contributed by atoms with Gasteiger partial charge in [-0.25, -0.2) is 9.97 Å². The van der Waals surface area contributed by atoms with Crippen molar-refractivity contribution in [3.05, 3.63) is 48.5 Å². The quantitative estimate of drug-likeness (QED) is 0.821. The third-order valence-electron chi connectivity index (χ3n) is 2.06. The van der Waals surface area contributed by atoms with Gasteiger partial charge in [-0.15, -0.1) is 11.8 Å². The maximum absolute atomic E-state index is 5.52. The second-order valence-electron chi connectivity index (χ2n) is 3.34. The number of nitrogen functional groups attached to an aromatic ring is 1. The minimum absolute atomic E-state index is 0.611. The van der Waals surface area contributed by atoms with E-state index in [0.717, 1.165) is 18.0 Å². The van der Waals surface area contributed by atoms with Crippen molar-refractivity contribution >= 4 is 17.4 Å². The zero-order valence-corrected chi connectivity index (χ0v) is 9.65. The summed E-state index contributed by atoms with van der Waals surface area (Å²) in [5.41, 5.74) is 6.13. The van der Waals surface area contributed by atoms with Gasteiger partial charge in [0.15, 0.2) is 0 Å². The number of aryl methyl sites for hydroxylation is 1. The molecule has 0 unspecified atom stereocenters. The van der Waals surface area contributed by atoms with Crippen molar-refractivity contribution < 1.29 is 0 Å². The molecule has 1 aromatic carbocycles. The fraction of sp³-hybridized carbons (Fsp3) is 0.167. The molecule has 0 radical (unpaired) electrons. The van der Waals surface area contributed by atoms with Crippen molar-refractivity contribution in [2.75, 3.05) is 11.5 Å². The highest BCUT2D eigenvalue weighted by atomic mass is 32.2. The first-order valence-corrected chi connectivity index (χ1v) is 6.07. The number of rotatable bonds is 4. The molecule has 0 bridgehead atoms. The maximum Gasteiger partial charge on any atom is 0.129 e. The van der Waals surface area contributed by atoms with Gasteiger partial charge in [0.25, 0.3) is 0 Å². The molecule has 0 fully saturated rings. The first-order valence-electron chi connectivity index (χ1n) is 5.09. The van der Waals surface area contributed by atoms with Crippen molar-refractivity contribution in [1.82, 2.24) is 9.97 Å². The predicted octanol–water partition coefficient (Wildman–Crippen LogP) is 2.39. The Bertz CT molecular complexity index is 428. The summed E-state index contributed by atoms with van der Waals surface area (Å²) in [7, 11) is 0. The number of anilines is 1.